The van der Waals surface area contributed by atoms with Crippen LogP contribution in [0.3, 0.4) is 0 Å². The molecule has 0 radical (unpaired) electrons. The summed E-state index contributed by atoms with van der Waals surface area (Å²) in [5.41, 5.74) is -0.506. The summed E-state index contributed by atoms with van der Waals surface area (Å²) in [7, 11) is 0. The van der Waals surface area contributed by atoms with Crippen LogP contribution in [0.15, 0.2) is 42.5 Å². The summed E-state index contributed by atoms with van der Waals surface area (Å²) in [6.07, 6.45) is -4.53. The number of carbonyl (C=O) groups is 1. The third-order valence-electron chi connectivity index (χ3n) is 4.29. The maximum atomic E-state index is 13.8. The van der Waals surface area contributed by atoms with E-state index in [4.69, 9.17) is 11.6 Å². The SMILES string of the molecule is O=C(c1ccccc1F)N1CCN(c2ccc(Cl)c(C(F)(F)F)c2)CC1. The van der Waals surface area contributed by atoms with E-state index in [-0.39, 0.29) is 23.7 Å². The van der Waals surface area contributed by atoms with Crippen LogP contribution < -0.4 is 4.90 Å². The Kier molecular flexibility index (Phi) is 5.09. The van der Waals surface area contributed by atoms with Gasteiger partial charge in [-0.05, 0) is 30.3 Å². The van der Waals surface area contributed by atoms with Gasteiger partial charge in [-0.3, -0.25) is 4.79 Å². The summed E-state index contributed by atoms with van der Waals surface area (Å²) in [6.45, 7) is 1.27. The van der Waals surface area contributed by atoms with Crippen molar-refractivity contribution in [1.82, 2.24) is 4.90 Å². The lowest BCUT2D eigenvalue weighted by Crippen LogP contribution is -2.49. The Morgan fingerprint density at radius 2 is 1.65 bits per heavy atom. The molecule has 0 aliphatic carbocycles. The quantitative estimate of drug-likeness (QED) is 0.711. The van der Waals surface area contributed by atoms with Crippen LogP contribution in [0.2, 0.25) is 5.02 Å². The number of nitrogens with zero attached hydrogens (tertiary/aromatic N) is 2. The van der Waals surface area contributed by atoms with Gasteiger partial charge in [0.15, 0.2) is 0 Å². The van der Waals surface area contributed by atoms with Gasteiger partial charge in [-0.25, -0.2) is 4.39 Å². The minimum Gasteiger partial charge on any atom is -0.368 e. The monoisotopic (exact) mass is 386 g/mol. The maximum Gasteiger partial charge on any atom is 0.417 e. The molecule has 1 aliphatic heterocycles. The number of carbonyl (C=O) groups excluding carboxylic acids is 1. The van der Waals surface area contributed by atoms with Crippen molar-refractivity contribution in [1.29, 1.82) is 0 Å². The molecule has 0 unspecified atom stereocenters. The zero-order chi connectivity index (χ0) is 18.9. The Balaban J connectivity index is 1.71. The Bertz CT molecular complexity index is 817. The van der Waals surface area contributed by atoms with Crippen molar-refractivity contribution >= 4 is 23.2 Å². The molecule has 0 atom stereocenters. The lowest BCUT2D eigenvalue weighted by atomic mass is 10.1. The van der Waals surface area contributed by atoms with Crippen LogP contribution in [-0.4, -0.2) is 37.0 Å². The van der Waals surface area contributed by atoms with Crippen LogP contribution in [-0.2, 0) is 6.18 Å². The largest absolute Gasteiger partial charge is 0.417 e. The third kappa shape index (κ3) is 3.77. The number of piperazine rings is 1. The molecule has 1 saturated heterocycles. The first-order valence-electron chi connectivity index (χ1n) is 7.93. The van der Waals surface area contributed by atoms with Crippen LogP contribution in [0.4, 0.5) is 23.2 Å². The first-order chi connectivity index (χ1) is 12.3. The van der Waals surface area contributed by atoms with Gasteiger partial charge in [-0.1, -0.05) is 23.7 Å². The molecule has 2 aromatic carbocycles. The number of hydrogen-bond donors (Lipinski definition) is 0. The van der Waals surface area contributed by atoms with Gasteiger partial charge in [-0.15, -0.1) is 0 Å². The van der Waals surface area contributed by atoms with Gasteiger partial charge in [-0.2, -0.15) is 13.2 Å². The number of anilines is 1. The molecule has 1 fully saturated rings. The van der Waals surface area contributed by atoms with Gasteiger partial charge in [0.2, 0.25) is 0 Å². The van der Waals surface area contributed by atoms with Crippen molar-refractivity contribution < 1.29 is 22.4 Å². The van der Waals surface area contributed by atoms with Crippen LogP contribution in [0.1, 0.15) is 15.9 Å². The fourth-order valence-electron chi connectivity index (χ4n) is 2.90. The Labute approximate surface area is 152 Å². The van der Waals surface area contributed by atoms with Crippen LogP contribution in [0, 0.1) is 5.82 Å². The zero-order valence-corrected chi connectivity index (χ0v) is 14.3. The number of benzene rings is 2. The van der Waals surface area contributed by atoms with Gasteiger partial charge in [0, 0.05) is 31.9 Å². The minimum absolute atomic E-state index is 0.00759. The van der Waals surface area contributed by atoms with Crippen molar-refractivity contribution in [3.8, 4) is 0 Å². The van der Waals surface area contributed by atoms with Crippen molar-refractivity contribution in [2.75, 3.05) is 31.1 Å². The molecule has 1 aliphatic rings. The molecule has 138 valence electrons. The maximum absolute atomic E-state index is 13.8. The highest BCUT2D eigenvalue weighted by Gasteiger charge is 2.34. The summed E-state index contributed by atoms with van der Waals surface area (Å²) in [4.78, 5) is 15.6. The van der Waals surface area contributed by atoms with Crippen molar-refractivity contribution in [2.45, 2.75) is 6.18 Å². The molecule has 26 heavy (non-hydrogen) atoms. The lowest BCUT2D eigenvalue weighted by molar-refractivity contribution is -0.137. The molecule has 0 N–H and O–H groups in total. The smallest absolute Gasteiger partial charge is 0.368 e. The van der Waals surface area contributed by atoms with E-state index in [1.165, 1.54) is 35.2 Å². The van der Waals surface area contributed by atoms with E-state index in [1.807, 2.05) is 0 Å². The number of amides is 1. The highest BCUT2D eigenvalue weighted by Crippen LogP contribution is 2.37. The highest BCUT2D eigenvalue weighted by atomic mass is 35.5. The average molecular weight is 387 g/mol. The van der Waals surface area contributed by atoms with Crippen molar-refractivity contribution in [3.05, 3.63) is 64.4 Å². The molecule has 2 aromatic rings. The van der Waals surface area contributed by atoms with E-state index in [0.717, 1.165) is 6.07 Å². The summed E-state index contributed by atoms with van der Waals surface area (Å²) < 4.78 is 52.7. The van der Waals surface area contributed by atoms with Crippen LogP contribution in [0.5, 0.6) is 0 Å². The van der Waals surface area contributed by atoms with E-state index >= 15 is 0 Å². The Morgan fingerprint density at radius 3 is 2.27 bits per heavy atom. The fraction of sp³-hybridized carbons (Fsp3) is 0.278. The molecule has 0 spiro atoms. The van der Waals surface area contributed by atoms with Crippen molar-refractivity contribution in [2.24, 2.45) is 0 Å². The van der Waals surface area contributed by atoms with E-state index in [9.17, 15) is 22.4 Å². The van der Waals surface area contributed by atoms with E-state index in [0.29, 0.717) is 18.8 Å². The molecule has 3 nitrogen and oxygen atoms in total. The standard InChI is InChI=1S/C18H15ClF4N2O/c19-15-6-5-12(11-14(15)18(21,22)23)24-7-9-25(10-8-24)17(26)13-3-1-2-4-16(13)20/h1-6,11H,7-10H2. The normalized spacial score (nSPS) is 15.3. The van der Waals surface area contributed by atoms with Gasteiger partial charge >= 0.3 is 6.18 Å². The molecule has 0 aromatic heterocycles. The molecule has 0 bridgehead atoms. The molecule has 3 rings (SSSR count). The topological polar surface area (TPSA) is 23.6 Å². The van der Waals surface area contributed by atoms with Gasteiger partial charge < -0.3 is 9.80 Å². The van der Waals surface area contributed by atoms with Crippen molar-refractivity contribution in [3.63, 3.8) is 0 Å². The predicted octanol–water partition coefficient (Wildman–Crippen LogP) is 4.46. The second-order valence-corrected chi connectivity index (χ2v) is 6.33. The first kappa shape index (κ1) is 18.5. The van der Waals surface area contributed by atoms with Gasteiger partial charge in [0.05, 0.1) is 16.1 Å². The molecule has 1 amide bonds. The van der Waals surface area contributed by atoms with E-state index in [2.05, 4.69) is 0 Å². The van der Waals surface area contributed by atoms with E-state index in [1.54, 1.807) is 11.0 Å². The van der Waals surface area contributed by atoms with E-state index < -0.39 is 23.5 Å². The molecule has 8 heteroatoms. The number of hydrogen-bond acceptors (Lipinski definition) is 2. The summed E-state index contributed by atoms with van der Waals surface area (Å²) >= 11 is 5.64. The summed E-state index contributed by atoms with van der Waals surface area (Å²) in [5.74, 6) is -1.01. The fourth-order valence-corrected chi connectivity index (χ4v) is 3.12. The lowest BCUT2D eigenvalue weighted by Gasteiger charge is -2.36. The third-order valence-corrected chi connectivity index (χ3v) is 4.62. The zero-order valence-electron chi connectivity index (χ0n) is 13.6. The minimum atomic E-state index is -4.53. The Hall–Kier alpha value is -2.28. The van der Waals surface area contributed by atoms with Gasteiger partial charge in [0.1, 0.15) is 5.82 Å². The Morgan fingerprint density at radius 1 is 1.00 bits per heavy atom. The molecule has 1 heterocycles. The highest BCUT2D eigenvalue weighted by molar-refractivity contribution is 6.31. The molecular weight excluding hydrogens is 372 g/mol. The summed E-state index contributed by atoms with van der Waals surface area (Å²) in [5, 5.41) is -0.352. The average Bonchev–Trinajstić information content (AvgIpc) is 2.61. The number of halogens is 5. The predicted molar refractivity (Wildman–Crippen MR) is 91.0 cm³/mol. The second kappa shape index (κ2) is 7.15. The number of rotatable bonds is 2. The van der Waals surface area contributed by atoms with Crippen LogP contribution >= 0.6 is 11.6 Å². The second-order valence-electron chi connectivity index (χ2n) is 5.92. The van der Waals surface area contributed by atoms with Gasteiger partial charge in [0.25, 0.3) is 5.91 Å². The molecule has 0 saturated carbocycles. The summed E-state index contributed by atoms with van der Waals surface area (Å²) in [6, 6.07) is 9.47. The van der Waals surface area contributed by atoms with Crippen LogP contribution in [0.25, 0.3) is 0 Å². The molecular formula is C18H15ClF4N2O. The first-order valence-corrected chi connectivity index (χ1v) is 8.30. The number of alkyl halides is 3.